The molecular formula is C12H16N2O4S2. The summed E-state index contributed by atoms with van der Waals surface area (Å²) in [6.45, 7) is 1.04. The van der Waals surface area contributed by atoms with Gasteiger partial charge in [0, 0.05) is 18.4 Å². The molecule has 0 aromatic carbocycles. The maximum Gasteiger partial charge on any atom is 0.276 e. The van der Waals surface area contributed by atoms with Crippen LogP contribution in [0.25, 0.3) is 0 Å². The molecule has 1 saturated carbocycles. The van der Waals surface area contributed by atoms with E-state index in [-0.39, 0.29) is 11.7 Å². The molecule has 1 aliphatic heterocycles. The number of aromatic nitrogens is 1. The van der Waals surface area contributed by atoms with Gasteiger partial charge in [0.05, 0.1) is 23.6 Å². The zero-order valence-corrected chi connectivity index (χ0v) is 12.5. The van der Waals surface area contributed by atoms with Gasteiger partial charge in [0.15, 0.2) is 0 Å². The molecule has 1 aromatic rings. The molecule has 0 radical (unpaired) electrons. The molecule has 3 rings (SSSR count). The van der Waals surface area contributed by atoms with Crippen molar-refractivity contribution >= 4 is 27.3 Å². The Hall–Kier alpha value is -0.990. The van der Waals surface area contributed by atoms with Crippen molar-refractivity contribution in [3.63, 3.8) is 0 Å². The summed E-state index contributed by atoms with van der Waals surface area (Å²) in [5.41, 5.74) is 2.34. The summed E-state index contributed by atoms with van der Waals surface area (Å²) in [5.74, 6) is -0.304. The van der Waals surface area contributed by atoms with Crippen molar-refractivity contribution in [2.45, 2.75) is 25.2 Å². The van der Waals surface area contributed by atoms with Crippen molar-refractivity contribution in [1.82, 2.24) is 9.71 Å². The number of carbonyl (C=O) groups excluding carboxylic acids is 1. The van der Waals surface area contributed by atoms with E-state index in [2.05, 4.69) is 9.71 Å². The van der Waals surface area contributed by atoms with Crippen LogP contribution in [0.15, 0.2) is 5.51 Å². The van der Waals surface area contributed by atoms with Crippen LogP contribution >= 0.6 is 11.3 Å². The summed E-state index contributed by atoms with van der Waals surface area (Å²) in [6, 6.07) is 0. The van der Waals surface area contributed by atoms with E-state index in [0.29, 0.717) is 24.0 Å². The van der Waals surface area contributed by atoms with Gasteiger partial charge in [0.25, 0.3) is 5.91 Å². The monoisotopic (exact) mass is 316 g/mol. The topological polar surface area (TPSA) is 85.4 Å². The molecule has 110 valence electrons. The number of nitrogens with zero attached hydrogens (tertiary/aromatic N) is 1. The number of amides is 1. The van der Waals surface area contributed by atoms with E-state index in [9.17, 15) is 13.2 Å². The fourth-order valence-electron chi connectivity index (χ4n) is 2.33. The van der Waals surface area contributed by atoms with Gasteiger partial charge < -0.3 is 4.74 Å². The van der Waals surface area contributed by atoms with Gasteiger partial charge in [0.1, 0.15) is 4.88 Å². The van der Waals surface area contributed by atoms with Crippen LogP contribution in [-0.4, -0.2) is 38.3 Å². The van der Waals surface area contributed by atoms with Gasteiger partial charge in [0.2, 0.25) is 10.0 Å². The highest BCUT2D eigenvalue weighted by Crippen LogP contribution is 2.41. The van der Waals surface area contributed by atoms with Gasteiger partial charge in [-0.25, -0.2) is 18.1 Å². The van der Waals surface area contributed by atoms with E-state index in [4.69, 9.17) is 4.74 Å². The maximum absolute atomic E-state index is 12.1. The molecule has 20 heavy (non-hydrogen) atoms. The number of ether oxygens (including phenoxy) is 1. The lowest BCUT2D eigenvalue weighted by atomic mass is 10.2. The van der Waals surface area contributed by atoms with E-state index < -0.39 is 15.9 Å². The first-order valence-electron chi connectivity index (χ1n) is 6.61. The number of hydrogen-bond donors (Lipinski definition) is 1. The molecule has 8 heteroatoms. The molecule has 1 saturated heterocycles. The lowest BCUT2D eigenvalue weighted by molar-refractivity contribution is 0.0984. The summed E-state index contributed by atoms with van der Waals surface area (Å²) >= 11 is 1.20. The van der Waals surface area contributed by atoms with Crippen molar-refractivity contribution in [1.29, 1.82) is 0 Å². The van der Waals surface area contributed by atoms with Crippen molar-refractivity contribution in [2.24, 2.45) is 5.92 Å². The highest BCUT2D eigenvalue weighted by molar-refractivity contribution is 7.90. The molecule has 0 unspecified atom stereocenters. The Morgan fingerprint density at radius 2 is 2.25 bits per heavy atom. The lowest BCUT2D eigenvalue weighted by Gasteiger charge is -2.10. The minimum atomic E-state index is -3.61. The molecule has 1 atom stereocenters. The fraction of sp³-hybridized carbons (Fsp3) is 0.667. The molecule has 2 fully saturated rings. The van der Waals surface area contributed by atoms with Crippen LogP contribution in [0, 0.1) is 5.92 Å². The Balaban J connectivity index is 1.66. The third kappa shape index (κ3) is 3.18. The summed E-state index contributed by atoms with van der Waals surface area (Å²) < 4.78 is 31.3. The largest absolute Gasteiger partial charge is 0.381 e. The first-order valence-corrected chi connectivity index (χ1v) is 9.14. The smallest absolute Gasteiger partial charge is 0.276 e. The number of hydrogen-bond acceptors (Lipinski definition) is 6. The third-order valence-corrected chi connectivity index (χ3v) is 5.74. The van der Waals surface area contributed by atoms with Crippen LogP contribution < -0.4 is 4.72 Å². The molecule has 2 aliphatic rings. The van der Waals surface area contributed by atoms with E-state index >= 15 is 0 Å². The van der Waals surface area contributed by atoms with Crippen molar-refractivity contribution < 1.29 is 17.9 Å². The summed E-state index contributed by atoms with van der Waals surface area (Å²) in [6.07, 6.45) is 2.77. The van der Waals surface area contributed by atoms with Crippen molar-refractivity contribution in [3.05, 3.63) is 16.1 Å². The minimum absolute atomic E-state index is 0.0235. The predicted octanol–water partition coefficient (Wildman–Crippen LogP) is 1.12. The van der Waals surface area contributed by atoms with Crippen LogP contribution in [-0.2, 0) is 14.8 Å². The van der Waals surface area contributed by atoms with E-state index in [0.717, 1.165) is 25.0 Å². The highest BCUT2D eigenvalue weighted by Gasteiger charge is 2.32. The van der Waals surface area contributed by atoms with Gasteiger partial charge >= 0.3 is 0 Å². The zero-order valence-electron chi connectivity index (χ0n) is 10.9. The first-order chi connectivity index (χ1) is 9.55. The number of carbonyl (C=O) groups is 1. The van der Waals surface area contributed by atoms with Gasteiger partial charge in [-0.3, -0.25) is 4.79 Å². The number of sulfonamides is 1. The summed E-state index contributed by atoms with van der Waals surface area (Å²) in [7, 11) is -3.61. The maximum atomic E-state index is 12.1. The molecule has 1 amide bonds. The molecule has 0 spiro atoms. The molecule has 6 nitrogen and oxygen atoms in total. The van der Waals surface area contributed by atoms with E-state index in [1.54, 1.807) is 5.51 Å². The van der Waals surface area contributed by atoms with Gasteiger partial charge in [-0.1, -0.05) is 0 Å². The molecule has 2 heterocycles. The van der Waals surface area contributed by atoms with Crippen LogP contribution in [0.2, 0.25) is 0 Å². The third-order valence-electron chi connectivity index (χ3n) is 3.49. The van der Waals surface area contributed by atoms with Crippen LogP contribution in [0.1, 0.15) is 40.5 Å². The Bertz CT molecular complexity index is 601. The van der Waals surface area contributed by atoms with Gasteiger partial charge in [-0.15, -0.1) is 11.3 Å². The molecule has 1 aromatic heterocycles. The predicted molar refractivity (Wildman–Crippen MR) is 74.3 cm³/mol. The van der Waals surface area contributed by atoms with E-state index in [1.165, 1.54) is 11.3 Å². The summed E-state index contributed by atoms with van der Waals surface area (Å²) in [5, 5.41) is 0. The second kappa shape index (κ2) is 5.42. The second-order valence-electron chi connectivity index (χ2n) is 5.28. The van der Waals surface area contributed by atoms with Crippen molar-refractivity contribution in [2.75, 3.05) is 19.0 Å². The quantitative estimate of drug-likeness (QED) is 0.880. The Morgan fingerprint density at radius 3 is 2.90 bits per heavy atom. The minimum Gasteiger partial charge on any atom is -0.381 e. The highest BCUT2D eigenvalue weighted by atomic mass is 32.2. The molecule has 1 N–H and O–H groups in total. The molecule has 0 bridgehead atoms. The van der Waals surface area contributed by atoms with E-state index in [1.807, 2.05) is 0 Å². The normalized spacial score (nSPS) is 22.9. The second-order valence-corrected chi connectivity index (χ2v) is 7.90. The lowest BCUT2D eigenvalue weighted by Crippen LogP contribution is -2.35. The average molecular weight is 316 g/mol. The van der Waals surface area contributed by atoms with Gasteiger partial charge in [-0.05, 0) is 19.3 Å². The first kappa shape index (κ1) is 14.0. The molecule has 1 aliphatic carbocycles. The standard InChI is InChI=1S/C12H16N2O4S2/c15-12(11-10(9-1-2-9)13-7-19-11)14-20(16,17)6-8-3-4-18-5-8/h7-9H,1-6H2,(H,14,15)/t8-/m1/s1. The summed E-state index contributed by atoms with van der Waals surface area (Å²) in [4.78, 5) is 16.7. The zero-order chi connectivity index (χ0) is 14.2. The van der Waals surface area contributed by atoms with Crippen LogP contribution in [0.4, 0.5) is 0 Å². The van der Waals surface area contributed by atoms with Crippen molar-refractivity contribution in [3.8, 4) is 0 Å². The number of rotatable bonds is 5. The Morgan fingerprint density at radius 1 is 1.45 bits per heavy atom. The van der Waals surface area contributed by atoms with Gasteiger partial charge in [-0.2, -0.15) is 0 Å². The SMILES string of the molecule is O=C(NS(=O)(=O)C[C@@H]1CCOC1)c1scnc1C1CC1. The fourth-order valence-corrected chi connectivity index (χ4v) is 4.51. The Kier molecular flexibility index (Phi) is 3.78. The molecular weight excluding hydrogens is 300 g/mol. The number of thiazole rings is 1. The Labute approximate surface area is 121 Å². The van der Waals surface area contributed by atoms with Crippen LogP contribution in [0.5, 0.6) is 0 Å². The average Bonchev–Trinajstić information content (AvgIpc) is 2.89. The van der Waals surface area contributed by atoms with Crippen LogP contribution in [0.3, 0.4) is 0 Å². The number of nitrogens with one attached hydrogen (secondary N) is 1.